The van der Waals surface area contributed by atoms with Crippen molar-refractivity contribution in [1.82, 2.24) is 0 Å². The van der Waals surface area contributed by atoms with Crippen LogP contribution < -0.4 is 0 Å². The number of alkyl halides is 1. The van der Waals surface area contributed by atoms with Gasteiger partial charge in [-0.25, -0.2) is 12.8 Å². The van der Waals surface area contributed by atoms with E-state index in [2.05, 4.69) is 15.9 Å². The van der Waals surface area contributed by atoms with Crippen molar-refractivity contribution in [3.63, 3.8) is 0 Å². The molecule has 0 spiro atoms. The van der Waals surface area contributed by atoms with Gasteiger partial charge in [-0.15, -0.1) is 0 Å². The van der Waals surface area contributed by atoms with Crippen LogP contribution >= 0.6 is 15.9 Å². The predicted octanol–water partition coefficient (Wildman–Crippen LogP) is 2.16. The lowest BCUT2D eigenvalue weighted by Gasteiger charge is -2.18. The molecule has 0 bridgehead atoms. The normalized spacial score (nSPS) is 15.5. The molecular weight excluding hydrogens is 299 g/mol. The molecule has 0 aliphatic rings. The average molecular weight is 309 g/mol. The molecule has 0 aliphatic heterocycles. The van der Waals surface area contributed by atoms with Crippen LogP contribution in [-0.2, 0) is 9.84 Å². The maximum absolute atomic E-state index is 12.9. The van der Waals surface area contributed by atoms with Crippen molar-refractivity contribution in [2.75, 3.05) is 6.26 Å². The fourth-order valence-electron chi connectivity index (χ4n) is 1.06. The summed E-state index contributed by atoms with van der Waals surface area (Å²) in [7, 11) is -3.62. The summed E-state index contributed by atoms with van der Waals surface area (Å²) in [5.74, 6) is -1.27. The Hall–Kier alpha value is -0.750. The van der Waals surface area contributed by atoms with E-state index >= 15 is 0 Å². The molecule has 6 heteroatoms. The number of benzene rings is 1. The molecule has 0 amide bonds. The van der Waals surface area contributed by atoms with Crippen molar-refractivity contribution in [2.24, 2.45) is 0 Å². The van der Waals surface area contributed by atoms with Gasteiger partial charge in [0.25, 0.3) is 0 Å². The highest BCUT2D eigenvalue weighted by atomic mass is 79.9. The van der Waals surface area contributed by atoms with Crippen LogP contribution in [0, 0.1) is 5.82 Å². The first kappa shape index (κ1) is 13.3. The quantitative estimate of drug-likeness (QED) is 0.635. The molecule has 0 fully saturated rings. The Bertz CT molecular complexity index is 523. The van der Waals surface area contributed by atoms with Gasteiger partial charge in [0.15, 0.2) is 19.3 Å². The van der Waals surface area contributed by atoms with Gasteiger partial charge in [-0.05, 0) is 19.1 Å². The third-order valence-corrected chi connectivity index (χ3v) is 5.89. The number of hydrogen-bond acceptors (Lipinski definition) is 3. The first-order valence-electron chi connectivity index (χ1n) is 4.35. The molecule has 1 rings (SSSR count). The number of carbonyl (C=O) groups is 1. The lowest BCUT2D eigenvalue weighted by atomic mass is 10.1. The van der Waals surface area contributed by atoms with E-state index < -0.39 is 25.1 Å². The summed E-state index contributed by atoms with van der Waals surface area (Å²) in [5, 5.41) is 0. The second-order valence-corrected chi connectivity index (χ2v) is 8.00. The van der Waals surface area contributed by atoms with E-state index in [-0.39, 0.29) is 5.56 Å². The summed E-state index contributed by atoms with van der Waals surface area (Å²) < 4.78 is 33.9. The molecule has 16 heavy (non-hydrogen) atoms. The third-order valence-electron chi connectivity index (χ3n) is 2.19. The maximum atomic E-state index is 12.9. The molecule has 0 aromatic heterocycles. The second-order valence-electron chi connectivity index (χ2n) is 3.53. The lowest BCUT2D eigenvalue weighted by Crippen LogP contribution is -2.36. The highest BCUT2D eigenvalue weighted by molar-refractivity contribution is 9.12. The van der Waals surface area contributed by atoms with Gasteiger partial charge in [-0.3, -0.25) is 4.79 Å². The molecular formula is C10H10BrFO3S. The molecule has 0 radical (unpaired) electrons. The molecule has 88 valence electrons. The lowest BCUT2D eigenvalue weighted by molar-refractivity contribution is 0.0982. The van der Waals surface area contributed by atoms with Crippen molar-refractivity contribution in [3.8, 4) is 0 Å². The zero-order valence-electron chi connectivity index (χ0n) is 8.70. The minimum absolute atomic E-state index is 0.0183. The van der Waals surface area contributed by atoms with Crippen LogP contribution in [-0.4, -0.2) is 24.1 Å². The molecule has 1 unspecified atom stereocenters. The number of sulfone groups is 1. The highest BCUT2D eigenvalue weighted by Crippen LogP contribution is 2.28. The van der Waals surface area contributed by atoms with Crippen molar-refractivity contribution in [2.45, 2.75) is 10.6 Å². The van der Waals surface area contributed by atoms with Crippen LogP contribution in [0.2, 0.25) is 0 Å². The van der Waals surface area contributed by atoms with Crippen molar-refractivity contribution >= 4 is 31.6 Å². The Morgan fingerprint density at radius 1 is 1.44 bits per heavy atom. The molecule has 0 heterocycles. The number of Topliss-reactive ketones (excluding diaryl/α,β-unsaturated/α-hetero) is 1. The van der Waals surface area contributed by atoms with Gasteiger partial charge in [0.05, 0.1) is 0 Å². The average Bonchev–Trinajstić information content (AvgIpc) is 2.14. The molecule has 0 aliphatic carbocycles. The standard InChI is InChI=1S/C10H10BrFO3S/c1-10(11,16(2,14)15)9(13)7-4-3-5-8(12)6-7/h3-6H,1-2H3. The van der Waals surface area contributed by atoms with Crippen LogP contribution in [0.15, 0.2) is 24.3 Å². The summed E-state index contributed by atoms with van der Waals surface area (Å²) in [5.41, 5.74) is 0.0183. The molecule has 1 aromatic carbocycles. The monoisotopic (exact) mass is 308 g/mol. The number of hydrogen-bond donors (Lipinski definition) is 0. The van der Waals surface area contributed by atoms with Gasteiger partial charge in [-0.2, -0.15) is 0 Å². The Kier molecular flexibility index (Phi) is 3.54. The van der Waals surface area contributed by atoms with E-state index in [9.17, 15) is 17.6 Å². The Morgan fingerprint density at radius 2 is 2.00 bits per heavy atom. The van der Waals surface area contributed by atoms with Crippen LogP contribution in [0.3, 0.4) is 0 Å². The first-order chi connectivity index (χ1) is 7.16. The number of carbonyl (C=O) groups excluding carboxylic acids is 1. The largest absolute Gasteiger partial charge is 0.291 e. The molecule has 0 N–H and O–H groups in total. The maximum Gasteiger partial charge on any atom is 0.194 e. The van der Waals surface area contributed by atoms with E-state index in [0.29, 0.717) is 0 Å². The molecule has 1 aromatic rings. The molecule has 0 saturated heterocycles. The van der Waals surface area contributed by atoms with Crippen LogP contribution in [0.1, 0.15) is 17.3 Å². The van der Waals surface area contributed by atoms with Crippen LogP contribution in [0.25, 0.3) is 0 Å². The van der Waals surface area contributed by atoms with E-state index in [1.165, 1.54) is 25.1 Å². The van der Waals surface area contributed by atoms with E-state index in [4.69, 9.17) is 0 Å². The van der Waals surface area contributed by atoms with Crippen LogP contribution in [0.5, 0.6) is 0 Å². The zero-order valence-corrected chi connectivity index (χ0v) is 11.1. The topological polar surface area (TPSA) is 51.2 Å². The third kappa shape index (κ3) is 2.49. The number of rotatable bonds is 3. The number of ketones is 1. The van der Waals surface area contributed by atoms with E-state index in [1.54, 1.807) is 0 Å². The highest BCUT2D eigenvalue weighted by Gasteiger charge is 2.41. The van der Waals surface area contributed by atoms with Crippen molar-refractivity contribution in [3.05, 3.63) is 35.6 Å². The summed E-state index contributed by atoms with van der Waals surface area (Å²) in [6, 6.07) is 4.92. The van der Waals surface area contributed by atoms with Gasteiger partial charge in [0, 0.05) is 11.8 Å². The van der Waals surface area contributed by atoms with Gasteiger partial charge in [-0.1, -0.05) is 28.1 Å². The summed E-state index contributed by atoms with van der Waals surface area (Å²) >= 11 is 2.87. The van der Waals surface area contributed by atoms with Crippen molar-refractivity contribution < 1.29 is 17.6 Å². The van der Waals surface area contributed by atoms with Gasteiger partial charge >= 0.3 is 0 Å². The van der Waals surface area contributed by atoms with Crippen LogP contribution in [0.4, 0.5) is 4.39 Å². The van der Waals surface area contributed by atoms with Gasteiger partial charge < -0.3 is 0 Å². The minimum atomic E-state index is -3.62. The SMILES string of the molecule is CC(Br)(C(=O)c1cccc(F)c1)S(C)(=O)=O. The van der Waals surface area contributed by atoms with Gasteiger partial charge in [0.2, 0.25) is 0 Å². The Labute approximate surface area is 102 Å². The fraction of sp³-hybridized carbons (Fsp3) is 0.300. The second kappa shape index (κ2) is 4.25. The summed E-state index contributed by atoms with van der Waals surface area (Å²) in [4.78, 5) is 11.9. The van der Waals surface area contributed by atoms with Crippen molar-refractivity contribution in [1.29, 1.82) is 0 Å². The van der Waals surface area contributed by atoms with Gasteiger partial charge in [0.1, 0.15) is 5.82 Å². The Morgan fingerprint density at radius 3 is 2.44 bits per heavy atom. The fourth-order valence-corrected chi connectivity index (χ4v) is 1.74. The smallest absolute Gasteiger partial charge is 0.194 e. The minimum Gasteiger partial charge on any atom is -0.291 e. The molecule has 1 atom stereocenters. The predicted molar refractivity (Wildman–Crippen MR) is 62.9 cm³/mol. The van der Waals surface area contributed by atoms with E-state index in [0.717, 1.165) is 12.3 Å². The summed E-state index contributed by atoms with van der Waals surface area (Å²) in [6.45, 7) is 1.23. The van der Waals surface area contributed by atoms with E-state index in [1.807, 2.05) is 0 Å². The zero-order chi connectivity index (χ0) is 12.6. The number of halogens is 2. The first-order valence-corrected chi connectivity index (χ1v) is 7.03. The molecule has 3 nitrogen and oxygen atoms in total. The Balaban J connectivity index is 3.23. The molecule has 0 saturated carbocycles. The summed E-state index contributed by atoms with van der Waals surface area (Å²) in [6.07, 6.45) is 0.943.